The first kappa shape index (κ1) is 18.6. The molecule has 8 nitrogen and oxygen atoms in total. The molecule has 27 heavy (non-hydrogen) atoms. The molecule has 10 heteroatoms. The van der Waals surface area contributed by atoms with E-state index in [9.17, 15) is 18.4 Å². The Bertz CT molecular complexity index is 798. The van der Waals surface area contributed by atoms with Crippen LogP contribution >= 0.6 is 0 Å². The van der Waals surface area contributed by atoms with E-state index < -0.39 is 24.7 Å². The highest BCUT2D eigenvalue weighted by molar-refractivity contribution is 5.92. The summed E-state index contributed by atoms with van der Waals surface area (Å²) in [7, 11) is 0. The summed E-state index contributed by atoms with van der Waals surface area (Å²) >= 11 is 0. The van der Waals surface area contributed by atoms with Crippen molar-refractivity contribution >= 4 is 17.8 Å². The number of alkyl halides is 2. The number of esters is 1. The van der Waals surface area contributed by atoms with Crippen molar-refractivity contribution in [3.8, 4) is 0 Å². The largest absolute Gasteiger partial charge is 0.452 e. The SMILES string of the molecule is O=C(OCC(=O)N1CCN(c2ncccn2)CC1)c1cccnc1C(F)F. The smallest absolute Gasteiger partial charge is 0.340 e. The Balaban J connectivity index is 1.51. The number of halogens is 2. The molecule has 3 rings (SSSR count). The Labute approximate surface area is 153 Å². The van der Waals surface area contributed by atoms with Crippen LogP contribution in [0.5, 0.6) is 0 Å². The molecule has 0 spiro atoms. The van der Waals surface area contributed by atoms with Crippen LogP contribution in [0.1, 0.15) is 22.5 Å². The fourth-order valence-electron chi connectivity index (χ4n) is 2.67. The number of hydrogen-bond acceptors (Lipinski definition) is 7. The van der Waals surface area contributed by atoms with Gasteiger partial charge in [-0.25, -0.2) is 23.5 Å². The van der Waals surface area contributed by atoms with E-state index in [1.54, 1.807) is 23.4 Å². The lowest BCUT2D eigenvalue weighted by Crippen LogP contribution is -2.50. The normalized spacial score (nSPS) is 14.3. The predicted octanol–water partition coefficient (Wildman–Crippen LogP) is 1.31. The maximum absolute atomic E-state index is 12.9. The Morgan fingerprint density at radius 1 is 1.04 bits per heavy atom. The molecule has 2 aromatic rings. The van der Waals surface area contributed by atoms with E-state index in [-0.39, 0.29) is 11.5 Å². The topological polar surface area (TPSA) is 88.5 Å². The zero-order valence-electron chi connectivity index (χ0n) is 14.3. The number of anilines is 1. The summed E-state index contributed by atoms with van der Waals surface area (Å²) in [6, 6.07) is 4.27. The van der Waals surface area contributed by atoms with E-state index in [1.165, 1.54) is 18.3 Å². The van der Waals surface area contributed by atoms with Gasteiger partial charge in [0.1, 0.15) is 5.69 Å². The molecule has 0 aliphatic carbocycles. The van der Waals surface area contributed by atoms with Gasteiger partial charge in [-0.1, -0.05) is 0 Å². The summed E-state index contributed by atoms with van der Waals surface area (Å²) in [4.78, 5) is 39.5. The van der Waals surface area contributed by atoms with E-state index in [2.05, 4.69) is 15.0 Å². The third kappa shape index (κ3) is 4.52. The molecule has 1 fully saturated rings. The molecule has 142 valence electrons. The Hall–Kier alpha value is -3.17. The van der Waals surface area contributed by atoms with E-state index in [0.717, 1.165) is 0 Å². The van der Waals surface area contributed by atoms with Crippen molar-refractivity contribution in [2.75, 3.05) is 37.7 Å². The lowest BCUT2D eigenvalue weighted by atomic mass is 10.2. The minimum Gasteiger partial charge on any atom is -0.452 e. The first-order chi connectivity index (χ1) is 13.1. The monoisotopic (exact) mass is 377 g/mol. The molecule has 0 radical (unpaired) electrons. The van der Waals surface area contributed by atoms with Gasteiger partial charge in [-0.2, -0.15) is 0 Å². The number of carbonyl (C=O) groups excluding carboxylic acids is 2. The molecular formula is C17H17F2N5O3. The lowest BCUT2D eigenvalue weighted by Gasteiger charge is -2.34. The summed E-state index contributed by atoms with van der Waals surface area (Å²) in [5, 5.41) is 0. The minimum absolute atomic E-state index is 0.341. The third-order valence-corrected chi connectivity index (χ3v) is 4.06. The lowest BCUT2D eigenvalue weighted by molar-refractivity contribution is -0.134. The standard InChI is InChI=1S/C17H17F2N5O3/c18-15(19)14-12(3-1-4-20-14)16(26)27-11-13(25)23-7-9-24(10-8-23)17-21-5-2-6-22-17/h1-6,15H,7-11H2. The van der Waals surface area contributed by atoms with Gasteiger partial charge in [-0.3, -0.25) is 9.78 Å². The van der Waals surface area contributed by atoms with Crippen LogP contribution in [0.2, 0.25) is 0 Å². The molecule has 0 unspecified atom stereocenters. The number of nitrogens with zero attached hydrogens (tertiary/aromatic N) is 5. The number of piperazine rings is 1. The molecule has 1 aliphatic rings. The van der Waals surface area contributed by atoms with Gasteiger partial charge in [-0.15, -0.1) is 0 Å². The highest BCUT2D eigenvalue weighted by Crippen LogP contribution is 2.20. The van der Waals surface area contributed by atoms with Crippen LogP contribution in [0.25, 0.3) is 0 Å². The second kappa shape index (κ2) is 8.47. The highest BCUT2D eigenvalue weighted by atomic mass is 19.3. The Morgan fingerprint density at radius 2 is 1.70 bits per heavy atom. The van der Waals surface area contributed by atoms with E-state index in [4.69, 9.17) is 4.74 Å². The molecule has 0 bridgehead atoms. The molecule has 1 aliphatic heterocycles. The van der Waals surface area contributed by atoms with Crippen molar-refractivity contribution in [2.45, 2.75) is 6.43 Å². The van der Waals surface area contributed by atoms with Crippen molar-refractivity contribution in [1.82, 2.24) is 19.9 Å². The van der Waals surface area contributed by atoms with Gasteiger partial charge < -0.3 is 14.5 Å². The van der Waals surface area contributed by atoms with Crippen LogP contribution in [0.3, 0.4) is 0 Å². The van der Waals surface area contributed by atoms with Crippen molar-refractivity contribution in [1.29, 1.82) is 0 Å². The van der Waals surface area contributed by atoms with Crippen molar-refractivity contribution < 1.29 is 23.1 Å². The van der Waals surface area contributed by atoms with Gasteiger partial charge in [0, 0.05) is 44.8 Å². The van der Waals surface area contributed by atoms with Crippen LogP contribution in [-0.4, -0.2) is 64.5 Å². The molecule has 1 saturated heterocycles. The van der Waals surface area contributed by atoms with E-state index in [0.29, 0.717) is 32.1 Å². The van der Waals surface area contributed by atoms with Gasteiger partial charge in [-0.05, 0) is 18.2 Å². The molecule has 1 amide bonds. The number of ether oxygens (including phenoxy) is 1. The maximum atomic E-state index is 12.9. The molecular weight excluding hydrogens is 360 g/mol. The fourth-order valence-corrected chi connectivity index (χ4v) is 2.67. The average Bonchev–Trinajstić information content (AvgIpc) is 2.72. The fraction of sp³-hybridized carbons (Fsp3) is 0.353. The van der Waals surface area contributed by atoms with Crippen molar-refractivity contribution in [3.63, 3.8) is 0 Å². The number of amides is 1. The minimum atomic E-state index is -2.90. The Kier molecular flexibility index (Phi) is 5.84. The second-order valence-corrected chi connectivity index (χ2v) is 5.73. The second-order valence-electron chi connectivity index (χ2n) is 5.73. The van der Waals surface area contributed by atoms with Gasteiger partial charge >= 0.3 is 5.97 Å². The van der Waals surface area contributed by atoms with Crippen molar-refractivity contribution in [3.05, 3.63) is 48.0 Å². The molecule has 3 heterocycles. The molecule has 0 N–H and O–H groups in total. The maximum Gasteiger partial charge on any atom is 0.340 e. The molecule has 0 atom stereocenters. The third-order valence-electron chi connectivity index (χ3n) is 4.06. The van der Waals surface area contributed by atoms with E-state index in [1.807, 2.05) is 4.90 Å². The predicted molar refractivity (Wildman–Crippen MR) is 90.3 cm³/mol. The summed E-state index contributed by atoms with van der Waals surface area (Å²) < 4.78 is 30.7. The first-order valence-corrected chi connectivity index (χ1v) is 8.26. The van der Waals surface area contributed by atoms with Gasteiger partial charge in [0.2, 0.25) is 5.95 Å². The van der Waals surface area contributed by atoms with Gasteiger partial charge in [0.25, 0.3) is 12.3 Å². The number of aromatic nitrogens is 3. The molecule has 0 aromatic carbocycles. The first-order valence-electron chi connectivity index (χ1n) is 8.26. The molecule has 0 saturated carbocycles. The van der Waals surface area contributed by atoms with Crippen molar-refractivity contribution in [2.24, 2.45) is 0 Å². The number of rotatable bonds is 5. The summed E-state index contributed by atoms with van der Waals surface area (Å²) in [6.45, 7) is 1.41. The van der Waals surface area contributed by atoms with Crippen LogP contribution in [-0.2, 0) is 9.53 Å². The Morgan fingerprint density at radius 3 is 2.37 bits per heavy atom. The summed E-state index contributed by atoms with van der Waals surface area (Å²) in [5.41, 5.74) is -1.00. The number of carbonyl (C=O) groups is 2. The van der Waals surface area contributed by atoms with E-state index >= 15 is 0 Å². The van der Waals surface area contributed by atoms with Crippen LogP contribution in [0, 0.1) is 0 Å². The number of hydrogen-bond donors (Lipinski definition) is 0. The zero-order valence-corrected chi connectivity index (χ0v) is 14.3. The van der Waals surface area contributed by atoms with Crippen LogP contribution in [0.15, 0.2) is 36.8 Å². The average molecular weight is 377 g/mol. The van der Waals surface area contributed by atoms with Gasteiger partial charge in [0.15, 0.2) is 6.61 Å². The zero-order chi connectivity index (χ0) is 19.2. The highest BCUT2D eigenvalue weighted by Gasteiger charge is 2.25. The summed E-state index contributed by atoms with van der Waals surface area (Å²) in [6.07, 6.45) is 1.55. The number of pyridine rings is 1. The molecule has 2 aromatic heterocycles. The van der Waals surface area contributed by atoms with Crippen LogP contribution < -0.4 is 4.90 Å². The summed E-state index contributed by atoms with van der Waals surface area (Å²) in [5.74, 6) is -0.797. The van der Waals surface area contributed by atoms with Gasteiger partial charge in [0.05, 0.1) is 5.56 Å². The quantitative estimate of drug-likeness (QED) is 0.726. The van der Waals surface area contributed by atoms with Crippen LogP contribution in [0.4, 0.5) is 14.7 Å².